The molecular weight excluding hydrogens is 298 g/mol. The van der Waals surface area contributed by atoms with Crippen LogP contribution in [-0.4, -0.2) is 52.1 Å². The minimum atomic E-state index is -1.18. The molecule has 1 heterocycles. The van der Waals surface area contributed by atoms with Gasteiger partial charge in [0.05, 0.1) is 25.6 Å². The Labute approximate surface area is 133 Å². The molecule has 120 valence electrons. The second kappa shape index (κ2) is 8.00. The predicted molar refractivity (Wildman–Crippen MR) is 82.0 cm³/mol. The minimum Gasteiger partial charge on any atom is -0.476 e. The summed E-state index contributed by atoms with van der Waals surface area (Å²) in [4.78, 5) is 31.8. The highest BCUT2D eigenvalue weighted by atomic mass is 16.5. The van der Waals surface area contributed by atoms with Gasteiger partial charge in [-0.3, -0.25) is 4.79 Å². The molecule has 23 heavy (non-hydrogen) atoms. The maximum absolute atomic E-state index is 12.1. The Bertz CT molecular complexity index is 659. The van der Waals surface area contributed by atoms with Gasteiger partial charge in [-0.05, 0) is 5.56 Å². The topological polar surface area (TPSA) is 92.6 Å². The van der Waals surface area contributed by atoms with Crippen molar-refractivity contribution in [2.75, 3.05) is 20.2 Å². The summed E-state index contributed by atoms with van der Waals surface area (Å²) in [5.41, 5.74) is 0.965. The summed E-state index contributed by atoms with van der Waals surface area (Å²) in [6.45, 7) is 1.27. The molecule has 1 amide bonds. The van der Waals surface area contributed by atoms with E-state index in [0.29, 0.717) is 19.8 Å². The SMILES string of the molecule is CN(CCOCc1ccccc1)C(=O)c1cnc(C(=O)O)cn1. The van der Waals surface area contributed by atoms with E-state index in [2.05, 4.69) is 9.97 Å². The van der Waals surface area contributed by atoms with E-state index in [1.54, 1.807) is 7.05 Å². The highest BCUT2D eigenvalue weighted by Crippen LogP contribution is 2.02. The molecule has 0 atom stereocenters. The summed E-state index contributed by atoms with van der Waals surface area (Å²) in [5.74, 6) is -1.52. The molecule has 1 N–H and O–H groups in total. The fourth-order valence-corrected chi connectivity index (χ4v) is 1.81. The van der Waals surface area contributed by atoms with Crippen LogP contribution in [-0.2, 0) is 11.3 Å². The average Bonchev–Trinajstić information content (AvgIpc) is 2.59. The molecule has 1 aromatic heterocycles. The fraction of sp³-hybridized carbons (Fsp3) is 0.250. The molecule has 0 aliphatic rings. The Balaban J connectivity index is 1.79. The van der Waals surface area contributed by atoms with Gasteiger partial charge in [0.25, 0.3) is 5.91 Å². The number of carboxylic acids is 1. The van der Waals surface area contributed by atoms with Gasteiger partial charge < -0.3 is 14.7 Å². The van der Waals surface area contributed by atoms with Crippen LogP contribution in [0.4, 0.5) is 0 Å². The van der Waals surface area contributed by atoms with Crippen molar-refractivity contribution in [1.82, 2.24) is 14.9 Å². The molecule has 2 rings (SSSR count). The van der Waals surface area contributed by atoms with Crippen molar-refractivity contribution in [3.63, 3.8) is 0 Å². The highest BCUT2D eigenvalue weighted by molar-refractivity contribution is 5.92. The molecule has 0 radical (unpaired) electrons. The first-order valence-electron chi connectivity index (χ1n) is 7.00. The monoisotopic (exact) mass is 315 g/mol. The van der Waals surface area contributed by atoms with E-state index in [1.165, 1.54) is 4.90 Å². The summed E-state index contributed by atoms with van der Waals surface area (Å²) in [6, 6.07) is 9.75. The maximum atomic E-state index is 12.1. The van der Waals surface area contributed by atoms with Crippen LogP contribution in [0, 0.1) is 0 Å². The van der Waals surface area contributed by atoms with Crippen molar-refractivity contribution in [3.8, 4) is 0 Å². The van der Waals surface area contributed by atoms with Crippen LogP contribution in [0.1, 0.15) is 26.5 Å². The van der Waals surface area contributed by atoms with Crippen LogP contribution in [0.15, 0.2) is 42.7 Å². The molecule has 0 spiro atoms. The number of ether oxygens (including phenoxy) is 1. The predicted octanol–water partition coefficient (Wildman–Crippen LogP) is 1.46. The normalized spacial score (nSPS) is 10.3. The first-order chi connectivity index (χ1) is 11.1. The Morgan fingerprint density at radius 3 is 2.39 bits per heavy atom. The van der Waals surface area contributed by atoms with Gasteiger partial charge in [0.1, 0.15) is 5.69 Å². The molecule has 0 saturated carbocycles. The van der Waals surface area contributed by atoms with Crippen LogP contribution in [0.25, 0.3) is 0 Å². The molecule has 7 heteroatoms. The number of carbonyl (C=O) groups is 2. The van der Waals surface area contributed by atoms with Crippen molar-refractivity contribution < 1.29 is 19.4 Å². The number of aromatic nitrogens is 2. The molecule has 0 fully saturated rings. The Kier molecular flexibility index (Phi) is 5.76. The Hall–Kier alpha value is -2.80. The molecule has 7 nitrogen and oxygen atoms in total. The van der Waals surface area contributed by atoms with E-state index in [-0.39, 0.29) is 17.3 Å². The van der Waals surface area contributed by atoms with E-state index in [9.17, 15) is 9.59 Å². The number of benzene rings is 1. The van der Waals surface area contributed by atoms with Gasteiger partial charge in [-0.25, -0.2) is 14.8 Å². The summed E-state index contributed by atoms with van der Waals surface area (Å²) in [5, 5.41) is 8.75. The first-order valence-corrected chi connectivity index (χ1v) is 7.00. The van der Waals surface area contributed by atoms with E-state index in [0.717, 1.165) is 18.0 Å². The zero-order valence-corrected chi connectivity index (χ0v) is 12.7. The molecule has 2 aromatic rings. The zero-order chi connectivity index (χ0) is 16.7. The van der Waals surface area contributed by atoms with Crippen molar-refractivity contribution in [2.24, 2.45) is 0 Å². The van der Waals surface area contributed by atoms with Gasteiger partial charge in [0.15, 0.2) is 5.69 Å². The number of likely N-dealkylation sites (N-methyl/N-ethyl adjacent to an activating group) is 1. The Morgan fingerprint density at radius 1 is 1.13 bits per heavy atom. The number of amides is 1. The van der Waals surface area contributed by atoms with Crippen LogP contribution in [0.5, 0.6) is 0 Å². The first kappa shape index (κ1) is 16.6. The summed E-state index contributed by atoms with van der Waals surface area (Å²) in [6.07, 6.45) is 2.22. The van der Waals surface area contributed by atoms with Crippen molar-refractivity contribution >= 4 is 11.9 Å². The summed E-state index contributed by atoms with van der Waals surface area (Å²) >= 11 is 0. The third kappa shape index (κ3) is 4.86. The molecule has 0 bridgehead atoms. The number of hydrogen-bond donors (Lipinski definition) is 1. The molecule has 0 unspecified atom stereocenters. The fourth-order valence-electron chi connectivity index (χ4n) is 1.81. The van der Waals surface area contributed by atoms with Crippen molar-refractivity contribution in [3.05, 3.63) is 59.7 Å². The second-order valence-electron chi connectivity index (χ2n) is 4.86. The lowest BCUT2D eigenvalue weighted by Gasteiger charge is -2.16. The summed E-state index contributed by atoms with van der Waals surface area (Å²) < 4.78 is 5.52. The van der Waals surface area contributed by atoms with E-state index >= 15 is 0 Å². The van der Waals surface area contributed by atoms with E-state index in [1.807, 2.05) is 30.3 Å². The lowest BCUT2D eigenvalue weighted by Crippen LogP contribution is -2.31. The third-order valence-corrected chi connectivity index (χ3v) is 3.12. The number of rotatable bonds is 7. The number of nitrogens with zero attached hydrogens (tertiary/aromatic N) is 3. The average molecular weight is 315 g/mol. The van der Waals surface area contributed by atoms with Crippen LogP contribution < -0.4 is 0 Å². The van der Waals surface area contributed by atoms with Gasteiger partial charge in [-0.1, -0.05) is 30.3 Å². The van der Waals surface area contributed by atoms with Crippen LogP contribution >= 0.6 is 0 Å². The van der Waals surface area contributed by atoms with E-state index in [4.69, 9.17) is 9.84 Å². The van der Waals surface area contributed by atoms with Crippen LogP contribution in [0.3, 0.4) is 0 Å². The number of carbonyl (C=O) groups excluding carboxylic acids is 1. The lowest BCUT2D eigenvalue weighted by atomic mass is 10.2. The van der Waals surface area contributed by atoms with Gasteiger partial charge in [0.2, 0.25) is 0 Å². The van der Waals surface area contributed by atoms with Gasteiger partial charge in [-0.2, -0.15) is 0 Å². The highest BCUT2D eigenvalue weighted by Gasteiger charge is 2.14. The van der Waals surface area contributed by atoms with Crippen molar-refractivity contribution in [2.45, 2.75) is 6.61 Å². The lowest BCUT2D eigenvalue weighted by molar-refractivity contribution is 0.0659. The van der Waals surface area contributed by atoms with Crippen molar-refractivity contribution in [1.29, 1.82) is 0 Å². The Morgan fingerprint density at radius 2 is 1.78 bits per heavy atom. The zero-order valence-electron chi connectivity index (χ0n) is 12.7. The molecule has 1 aromatic carbocycles. The largest absolute Gasteiger partial charge is 0.476 e. The van der Waals surface area contributed by atoms with E-state index < -0.39 is 5.97 Å². The second-order valence-corrected chi connectivity index (χ2v) is 4.86. The minimum absolute atomic E-state index is 0.0977. The maximum Gasteiger partial charge on any atom is 0.356 e. The third-order valence-electron chi connectivity index (χ3n) is 3.12. The van der Waals surface area contributed by atoms with Gasteiger partial charge in [0, 0.05) is 13.6 Å². The van der Waals surface area contributed by atoms with Gasteiger partial charge in [-0.15, -0.1) is 0 Å². The molecule has 0 saturated heterocycles. The molecule has 0 aliphatic carbocycles. The number of carboxylic acid groups (broad SMARTS) is 1. The number of hydrogen-bond acceptors (Lipinski definition) is 5. The number of aromatic carboxylic acids is 1. The smallest absolute Gasteiger partial charge is 0.356 e. The van der Waals surface area contributed by atoms with Gasteiger partial charge >= 0.3 is 5.97 Å². The summed E-state index contributed by atoms with van der Waals surface area (Å²) in [7, 11) is 1.63. The molecular formula is C16H17N3O4. The standard InChI is InChI=1S/C16H17N3O4/c1-19(7-8-23-11-12-5-3-2-4-6-12)15(20)13-9-18-14(10-17-13)16(21)22/h2-6,9-10H,7-8,11H2,1H3,(H,21,22). The molecule has 0 aliphatic heterocycles. The quantitative estimate of drug-likeness (QED) is 0.778. The van der Waals surface area contributed by atoms with Crippen LogP contribution in [0.2, 0.25) is 0 Å².